The van der Waals surface area contributed by atoms with Crippen molar-refractivity contribution in [2.75, 3.05) is 13.2 Å². The van der Waals surface area contributed by atoms with Gasteiger partial charge in [-0.3, -0.25) is 0 Å². The van der Waals surface area contributed by atoms with Crippen molar-refractivity contribution in [1.82, 2.24) is 0 Å². The predicted octanol–water partition coefficient (Wildman–Crippen LogP) is 2.49. The molecule has 3 atom stereocenters. The number of carboxylic acid groups (broad SMARTS) is 1. The van der Waals surface area contributed by atoms with Crippen LogP contribution in [0.2, 0.25) is 0 Å². The first-order valence-corrected chi connectivity index (χ1v) is 7.24. The van der Waals surface area contributed by atoms with Gasteiger partial charge in [0.25, 0.3) is 0 Å². The highest BCUT2D eigenvalue weighted by Crippen LogP contribution is 2.37. The van der Waals surface area contributed by atoms with Crippen molar-refractivity contribution < 1.29 is 24.2 Å². The number of ether oxygens (including phenoxy) is 1. The second kappa shape index (κ2) is 5.66. The van der Waals surface area contributed by atoms with E-state index in [4.69, 9.17) is 4.74 Å². The van der Waals surface area contributed by atoms with Gasteiger partial charge in [-0.05, 0) is 32.9 Å². The van der Waals surface area contributed by atoms with Gasteiger partial charge in [-0.2, -0.15) is 4.79 Å². The topological polar surface area (TPSA) is 66.8 Å². The molecular weight excluding hydrogens is 270 g/mol. The number of quaternary nitrogens is 1. The summed E-state index contributed by atoms with van der Waals surface area (Å²) >= 11 is 0. The lowest BCUT2D eigenvalue weighted by molar-refractivity contribution is -0.915. The van der Waals surface area contributed by atoms with E-state index in [1.165, 1.54) is 0 Å². The monoisotopic (exact) mass is 294 g/mol. The lowest BCUT2D eigenvalue weighted by atomic mass is 10.00. The van der Waals surface area contributed by atoms with Crippen molar-refractivity contribution in [3.63, 3.8) is 0 Å². The Kier molecular flexibility index (Phi) is 4.25. The molecule has 0 saturated carbocycles. The van der Waals surface area contributed by atoms with Gasteiger partial charge in [-0.1, -0.05) is 18.2 Å². The molecule has 5 heteroatoms. The first kappa shape index (κ1) is 15.8. The Balaban J connectivity index is 2.21. The molecule has 21 heavy (non-hydrogen) atoms. The summed E-state index contributed by atoms with van der Waals surface area (Å²) in [4.78, 5) is 11.9. The maximum absolute atomic E-state index is 11.9. The van der Waals surface area contributed by atoms with Crippen LogP contribution in [0.1, 0.15) is 27.2 Å². The van der Waals surface area contributed by atoms with Crippen LogP contribution in [0.15, 0.2) is 30.3 Å². The second-order valence-corrected chi connectivity index (χ2v) is 6.67. The normalized spacial score (nSPS) is 29.3. The van der Waals surface area contributed by atoms with Gasteiger partial charge in [0.15, 0.2) is 0 Å². The molecule has 2 N–H and O–H groups in total. The van der Waals surface area contributed by atoms with Crippen molar-refractivity contribution in [3.05, 3.63) is 30.3 Å². The Morgan fingerprint density at radius 3 is 2.48 bits per heavy atom. The fourth-order valence-electron chi connectivity index (χ4n) is 3.30. The van der Waals surface area contributed by atoms with Gasteiger partial charge in [0.05, 0.1) is 0 Å². The molecule has 1 heterocycles. The molecule has 1 saturated heterocycles. The van der Waals surface area contributed by atoms with Crippen molar-refractivity contribution in [1.29, 1.82) is 0 Å². The first-order valence-electron chi connectivity index (χ1n) is 7.24. The number of rotatable bonds is 3. The van der Waals surface area contributed by atoms with E-state index in [2.05, 4.69) is 0 Å². The van der Waals surface area contributed by atoms with Crippen LogP contribution in [0.25, 0.3) is 0 Å². The molecule has 1 aromatic rings. The van der Waals surface area contributed by atoms with Gasteiger partial charge in [0.2, 0.25) is 0 Å². The molecular formula is C16H24NO4+. The molecule has 2 rings (SSSR count). The highest BCUT2D eigenvalue weighted by molar-refractivity contribution is 5.58. The lowest BCUT2D eigenvalue weighted by Crippen LogP contribution is -2.67. The minimum atomic E-state index is -0.902. The summed E-state index contributed by atoms with van der Waals surface area (Å²) in [5.41, 5.74) is -0.506. The van der Waals surface area contributed by atoms with Crippen LogP contribution in [0.4, 0.5) is 4.79 Å². The fraction of sp³-hybridized carbons (Fsp3) is 0.562. The molecule has 0 aromatic heterocycles. The van der Waals surface area contributed by atoms with Crippen molar-refractivity contribution >= 4 is 6.09 Å². The van der Waals surface area contributed by atoms with E-state index in [1.54, 1.807) is 0 Å². The second-order valence-electron chi connectivity index (χ2n) is 6.67. The van der Waals surface area contributed by atoms with Gasteiger partial charge in [-0.25, -0.2) is 4.48 Å². The number of aliphatic hydroxyl groups excluding tert-OH is 1. The van der Waals surface area contributed by atoms with Gasteiger partial charge < -0.3 is 14.9 Å². The zero-order valence-corrected chi connectivity index (χ0v) is 12.8. The van der Waals surface area contributed by atoms with Crippen molar-refractivity contribution in [3.8, 4) is 5.75 Å². The number of aliphatic hydroxyl groups is 1. The van der Waals surface area contributed by atoms with Crippen molar-refractivity contribution in [2.24, 2.45) is 0 Å². The Morgan fingerprint density at radius 2 is 1.95 bits per heavy atom. The van der Waals surface area contributed by atoms with E-state index < -0.39 is 17.7 Å². The van der Waals surface area contributed by atoms with E-state index in [9.17, 15) is 15.0 Å². The molecule has 5 nitrogen and oxygen atoms in total. The Hall–Kier alpha value is -1.59. The third-order valence-corrected chi connectivity index (χ3v) is 4.39. The molecule has 1 fully saturated rings. The van der Waals surface area contributed by atoms with Crippen LogP contribution in [0, 0.1) is 0 Å². The summed E-state index contributed by atoms with van der Waals surface area (Å²) in [5, 5.41) is 19.8. The minimum absolute atomic E-state index is 0.166. The van der Waals surface area contributed by atoms with Crippen LogP contribution >= 0.6 is 0 Å². The predicted molar refractivity (Wildman–Crippen MR) is 79.3 cm³/mol. The number of hydrogen-bond acceptors (Lipinski definition) is 3. The Bertz CT molecular complexity index is 497. The van der Waals surface area contributed by atoms with E-state index in [-0.39, 0.29) is 23.7 Å². The van der Waals surface area contributed by atoms with Crippen LogP contribution in [-0.4, -0.2) is 51.6 Å². The third-order valence-electron chi connectivity index (χ3n) is 4.39. The van der Waals surface area contributed by atoms with Crippen LogP contribution in [0.3, 0.4) is 0 Å². The fourth-order valence-corrected chi connectivity index (χ4v) is 3.30. The average Bonchev–Trinajstić information content (AvgIpc) is 2.75. The van der Waals surface area contributed by atoms with E-state index in [1.807, 2.05) is 51.1 Å². The average molecular weight is 294 g/mol. The number of nitrogens with zero attached hydrogens (tertiary/aromatic N) is 1. The summed E-state index contributed by atoms with van der Waals surface area (Å²) < 4.78 is 5.58. The first-order chi connectivity index (χ1) is 9.77. The van der Waals surface area contributed by atoms with E-state index in [0.717, 1.165) is 5.75 Å². The van der Waals surface area contributed by atoms with E-state index in [0.29, 0.717) is 6.42 Å². The zero-order chi connectivity index (χ0) is 15.7. The molecule has 1 aromatic carbocycles. The van der Waals surface area contributed by atoms with Gasteiger partial charge in [0, 0.05) is 6.42 Å². The molecule has 1 amide bonds. The standard InChI is InChI=1S/C16H23NO4/c1-16(2,3)17(15(19)20)10-13(18)9-12(17)11-21-14-7-5-4-6-8-14/h4-8,12-13,18H,9-11H2,1-3H3/p+1/t12-,13+,17?/m1/s1. The Labute approximate surface area is 125 Å². The smallest absolute Gasteiger partial charge is 0.487 e. The molecule has 1 aliphatic rings. The number of amides is 1. The lowest BCUT2D eigenvalue weighted by Gasteiger charge is -2.44. The molecule has 0 radical (unpaired) electrons. The van der Waals surface area contributed by atoms with Gasteiger partial charge in [0.1, 0.15) is 36.6 Å². The summed E-state index contributed by atoms with van der Waals surface area (Å²) in [6.45, 7) is 6.20. The molecule has 116 valence electrons. The maximum atomic E-state index is 11.9. The molecule has 0 spiro atoms. The van der Waals surface area contributed by atoms with E-state index >= 15 is 0 Å². The largest absolute Gasteiger partial charge is 0.514 e. The summed E-state index contributed by atoms with van der Waals surface area (Å²) in [6, 6.07) is 9.08. The molecule has 0 aliphatic carbocycles. The third kappa shape index (κ3) is 2.89. The minimum Gasteiger partial charge on any atom is -0.487 e. The number of benzene rings is 1. The quantitative estimate of drug-likeness (QED) is 0.841. The number of para-hydroxylation sites is 1. The van der Waals surface area contributed by atoms with Crippen LogP contribution in [0.5, 0.6) is 5.75 Å². The molecule has 1 unspecified atom stereocenters. The van der Waals surface area contributed by atoms with Crippen LogP contribution in [-0.2, 0) is 0 Å². The number of hydrogen-bond donors (Lipinski definition) is 2. The summed E-state index contributed by atoms with van der Waals surface area (Å²) in [7, 11) is 0. The molecule has 0 bridgehead atoms. The van der Waals surface area contributed by atoms with Gasteiger partial charge in [-0.15, -0.1) is 0 Å². The zero-order valence-electron chi connectivity index (χ0n) is 12.8. The summed E-state index contributed by atoms with van der Waals surface area (Å²) in [5.74, 6) is 0.719. The SMILES string of the molecule is CC(C)(C)[N+]1(C(=O)O)C[C@@H](O)C[C@@H]1COc1ccccc1. The highest BCUT2D eigenvalue weighted by atomic mass is 16.5. The summed E-state index contributed by atoms with van der Waals surface area (Å²) in [6.07, 6.45) is -1.07. The maximum Gasteiger partial charge on any atom is 0.514 e. The van der Waals surface area contributed by atoms with Crippen molar-refractivity contribution in [2.45, 2.75) is 44.9 Å². The molecule has 1 aliphatic heterocycles. The highest BCUT2D eigenvalue weighted by Gasteiger charge is 2.59. The number of carbonyl (C=O) groups is 1. The van der Waals surface area contributed by atoms with Gasteiger partial charge >= 0.3 is 6.09 Å². The van der Waals surface area contributed by atoms with Crippen LogP contribution < -0.4 is 4.74 Å². The Morgan fingerprint density at radius 1 is 1.33 bits per heavy atom. The number of likely N-dealkylation sites (tertiary alicyclic amines) is 1.